The highest BCUT2D eigenvalue weighted by atomic mass is 16.5. The molecule has 1 heterocycles. The summed E-state index contributed by atoms with van der Waals surface area (Å²) in [6.45, 7) is 9.16. The Labute approximate surface area is 170 Å². The Hall–Kier alpha value is -3.29. The van der Waals surface area contributed by atoms with Crippen LogP contribution in [-0.2, 0) is 11.3 Å². The average Bonchev–Trinajstić information content (AvgIpc) is 3.16. The summed E-state index contributed by atoms with van der Waals surface area (Å²) in [5.41, 5.74) is 1.88. The van der Waals surface area contributed by atoms with Crippen LogP contribution in [0.2, 0.25) is 0 Å². The van der Waals surface area contributed by atoms with Gasteiger partial charge in [-0.15, -0.1) is 0 Å². The lowest BCUT2D eigenvalue weighted by atomic mass is 10.2. The number of nitrogens with zero attached hydrogens (tertiary/aromatic N) is 2. The maximum absolute atomic E-state index is 12.1. The smallest absolute Gasteiger partial charge is 0.337 e. The first-order valence-corrected chi connectivity index (χ1v) is 9.64. The van der Waals surface area contributed by atoms with E-state index in [0.717, 1.165) is 18.4 Å². The molecule has 1 aromatic carbocycles. The number of imidazole rings is 1. The highest BCUT2D eigenvalue weighted by Gasteiger charge is 2.12. The number of urea groups is 1. The van der Waals surface area contributed by atoms with Gasteiger partial charge < -0.3 is 25.0 Å². The summed E-state index contributed by atoms with van der Waals surface area (Å²) in [5, 5.41) is 14.6. The van der Waals surface area contributed by atoms with E-state index in [1.807, 2.05) is 25.1 Å². The second kappa shape index (κ2) is 10.9. The lowest BCUT2D eigenvalue weighted by Gasteiger charge is -2.15. The molecule has 0 spiro atoms. The van der Waals surface area contributed by atoms with E-state index >= 15 is 0 Å². The van der Waals surface area contributed by atoms with Crippen LogP contribution in [0.1, 0.15) is 37.4 Å². The first kappa shape index (κ1) is 22.0. The van der Waals surface area contributed by atoms with Crippen LogP contribution in [0.5, 0.6) is 5.75 Å². The summed E-state index contributed by atoms with van der Waals surface area (Å²) in [7, 11) is 0. The molecular weight excluding hydrogens is 372 g/mol. The van der Waals surface area contributed by atoms with Crippen molar-refractivity contribution in [3.8, 4) is 5.75 Å². The van der Waals surface area contributed by atoms with Crippen LogP contribution in [0.25, 0.3) is 5.57 Å². The molecule has 2 rings (SSSR count). The Kier molecular flexibility index (Phi) is 8.27. The molecule has 8 heteroatoms. The van der Waals surface area contributed by atoms with Crippen molar-refractivity contribution in [3.63, 3.8) is 0 Å². The third-order valence-corrected chi connectivity index (χ3v) is 4.31. The highest BCUT2D eigenvalue weighted by molar-refractivity contribution is 6.13. The Morgan fingerprint density at radius 3 is 2.83 bits per heavy atom. The van der Waals surface area contributed by atoms with Crippen LogP contribution >= 0.6 is 0 Å². The number of carboxylic acid groups (broad SMARTS) is 1. The van der Waals surface area contributed by atoms with E-state index < -0.39 is 5.97 Å². The molecule has 0 atom stereocenters. The standard InChI is InChI=1S/C21H28N4O4/c1-4-5-10-22-21(28)24-19-15(2)8-6-9-18(19)29-12-7-11-25-13-17(23-14-25)16(3)20(26)27/h6,8-9,13-14H,3-5,7,10-12H2,1-2H3,(H,26,27)(H2,22,24,28). The van der Waals surface area contributed by atoms with E-state index in [2.05, 4.69) is 29.1 Å². The number of aliphatic carboxylic acids is 1. The van der Waals surface area contributed by atoms with Gasteiger partial charge in [-0.1, -0.05) is 32.1 Å². The number of carboxylic acids is 1. The fourth-order valence-corrected chi connectivity index (χ4v) is 2.63. The zero-order valence-electron chi connectivity index (χ0n) is 16.9. The number of unbranched alkanes of at least 4 members (excludes halogenated alkanes) is 1. The number of hydrogen-bond donors (Lipinski definition) is 3. The predicted molar refractivity (Wildman–Crippen MR) is 112 cm³/mol. The SMILES string of the molecule is C=C(C(=O)O)c1cn(CCCOc2cccc(C)c2NC(=O)NCCCC)cn1. The van der Waals surface area contributed by atoms with Gasteiger partial charge in [0, 0.05) is 19.3 Å². The van der Waals surface area contributed by atoms with Crippen LogP contribution in [-0.4, -0.2) is 39.8 Å². The van der Waals surface area contributed by atoms with E-state index in [0.29, 0.717) is 43.2 Å². The van der Waals surface area contributed by atoms with E-state index in [9.17, 15) is 9.59 Å². The largest absolute Gasteiger partial charge is 0.491 e. The van der Waals surface area contributed by atoms with Gasteiger partial charge in [-0.05, 0) is 31.4 Å². The van der Waals surface area contributed by atoms with Gasteiger partial charge in [-0.25, -0.2) is 14.6 Å². The van der Waals surface area contributed by atoms with Crippen LogP contribution < -0.4 is 15.4 Å². The van der Waals surface area contributed by atoms with E-state index in [1.54, 1.807) is 17.1 Å². The summed E-state index contributed by atoms with van der Waals surface area (Å²) < 4.78 is 7.67. The second-order valence-electron chi connectivity index (χ2n) is 6.66. The van der Waals surface area contributed by atoms with Crippen molar-refractivity contribution in [2.75, 3.05) is 18.5 Å². The fraction of sp³-hybridized carbons (Fsp3) is 0.381. The van der Waals surface area contributed by atoms with E-state index in [4.69, 9.17) is 9.84 Å². The lowest BCUT2D eigenvalue weighted by molar-refractivity contribution is -0.130. The maximum atomic E-state index is 12.1. The summed E-state index contributed by atoms with van der Waals surface area (Å²) in [5.74, 6) is -0.474. The molecule has 0 saturated carbocycles. The highest BCUT2D eigenvalue weighted by Crippen LogP contribution is 2.28. The van der Waals surface area contributed by atoms with Gasteiger partial charge in [0.2, 0.25) is 0 Å². The minimum absolute atomic E-state index is 0.0345. The van der Waals surface area contributed by atoms with Crippen molar-refractivity contribution in [2.45, 2.75) is 39.7 Å². The van der Waals surface area contributed by atoms with Gasteiger partial charge in [-0.3, -0.25) is 0 Å². The quantitative estimate of drug-likeness (QED) is 0.394. The Morgan fingerprint density at radius 2 is 2.10 bits per heavy atom. The maximum Gasteiger partial charge on any atom is 0.337 e. The topological polar surface area (TPSA) is 105 Å². The number of nitrogens with one attached hydrogen (secondary N) is 2. The molecule has 2 amide bonds. The predicted octanol–water partition coefficient (Wildman–Crippen LogP) is 3.68. The second-order valence-corrected chi connectivity index (χ2v) is 6.66. The normalized spacial score (nSPS) is 10.4. The first-order valence-electron chi connectivity index (χ1n) is 9.64. The molecule has 1 aromatic heterocycles. The Bertz CT molecular complexity index is 860. The van der Waals surface area contributed by atoms with Crippen molar-refractivity contribution in [3.05, 3.63) is 48.6 Å². The molecule has 0 aliphatic carbocycles. The zero-order chi connectivity index (χ0) is 21.2. The summed E-state index contributed by atoms with van der Waals surface area (Å²) in [4.78, 5) is 27.1. The van der Waals surface area contributed by atoms with Crippen LogP contribution in [0.4, 0.5) is 10.5 Å². The van der Waals surface area contributed by atoms with Gasteiger partial charge in [0.05, 0.1) is 29.9 Å². The van der Waals surface area contributed by atoms with Crippen molar-refractivity contribution in [2.24, 2.45) is 0 Å². The molecule has 29 heavy (non-hydrogen) atoms. The van der Waals surface area contributed by atoms with Crippen molar-refractivity contribution in [1.82, 2.24) is 14.9 Å². The van der Waals surface area contributed by atoms with Crippen molar-refractivity contribution < 1.29 is 19.4 Å². The molecule has 0 aliphatic rings. The molecule has 0 unspecified atom stereocenters. The van der Waals surface area contributed by atoms with Gasteiger partial charge in [0.15, 0.2) is 0 Å². The van der Waals surface area contributed by atoms with Gasteiger partial charge in [0.25, 0.3) is 0 Å². The van der Waals surface area contributed by atoms with E-state index in [-0.39, 0.29) is 11.6 Å². The number of benzene rings is 1. The van der Waals surface area contributed by atoms with Gasteiger partial charge in [-0.2, -0.15) is 0 Å². The van der Waals surface area contributed by atoms with Crippen LogP contribution in [0, 0.1) is 6.92 Å². The molecule has 2 aromatic rings. The van der Waals surface area contributed by atoms with Crippen molar-refractivity contribution >= 4 is 23.3 Å². The summed E-state index contributed by atoms with van der Waals surface area (Å²) in [6, 6.07) is 5.37. The minimum atomic E-state index is -1.09. The number of anilines is 1. The molecule has 0 bridgehead atoms. The van der Waals surface area contributed by atoms with Crippen LogP contribution in [0.15, 0.2) is 37.3 Å². The molecule has 3 N–H and O–H groups in total. The Morgan fingerprint density at radius 1 is 1.31 bits per heavy atom. The number of aromatic nitrogens is 2. The number of rotatable bonds is 11. The van der Waals surface area contributed by atoms with Crippen LogP contribution in [0.3, 0.4) is 0 Å². The third-order valence-electron chi connectivity index (χ3n) is 4.31. The molecule has 0 saturated heterocycles. The molecule has 0 radical (unpaired) electrons. The molecular formula is C21H28N4O4. The first-order chi connectivity index (χ1) is 13.9. The van der Waals surface area contributed by atoms with Crippen molar-refractivity contribution in [1.29, 1.82) is 0 Å². The number of ether oxygens (including phenoxy) is 1. The Balaban J connectivity index is 1.87. The number of para-hydroxylation sites is 1. The number of carbonyl (C=O) groups excluding carboxylic acids is 1. The fourth-order valence-electron chi connectivity index (χ4n) is 2.63. The molecule has 156 valence electrons. The number of carbonyl (C=O) groups is 2. The zero-order valence-corrected chi connectivity index (χ0v) is 16.9. The van der Waals surface area contributed by atoms with E-state index in [1.165, 1.54) is 0 Å². The minimum Gasteiger partial charge on any atom is -0.491 e. The molecule has 0 fully saturated rings. The summed E-state index contributed by atoms with van der Waals surface area (Å²) >= 11 is 0. The number of aryl methyl sites for hydroxylation is 2. The van der Waals surface area contributed by atoms with Gasteiger partial charge in [0.1, 0.15) is 5.75 Å². The lowest BCUT2D eigenvalue weighted by Crippen LogP contribution is -2.30. The molecule has 0 aliphatic heterocycles. The number of hydrogen-bond acceptors (Lipinski definition) is 4. The van der Waals surface area contributed by atoms with Gasteiger partial charge >= 0.3 is 12.0 Å². The molecule has 8 nitrogen and oxygen atoms in total. The summed E-state index contributed by atoms with van der Waals surface area (Å²) in [6.07, 6.45) is 5.86. The number of amides is 2. The average molecular weight is 400 g/mol. The third kappa shape index (κ3) is 6.67. The monoisotopic (exact) mass is 400 g/mol.